The molecular formula is C25H30FN3O6. The number of amides is 3. The van der Waals surface area contributed by atoms with E-state index in [1.165, 1.54) is 6.92 Å². The molecule has 0 bridgehead atoms. The van der Waals surface area contributed by atoms with E-state index in [0.717, 1.165) is 11.1 Å². The van der Waals surface area contributed by atoms with Gasteiger partial charge in [-0.15, -0.1) is 0 Å². The first-order valence-corrected chi connectivity index (χ1v) is 11.2. The number of urea groups is 1. The second kappa shape index (κ2) is 15.0. The maximum atomic E-state index is 12.7. The van der Waals surface area contributed by atoms with Gasteiger partial charge < -0.3 is 25.4 Å². The van der Waals surface area contributed by atoms with Gasteiger partial charge in [0, 0.05) is 13.0 Å². The van der Waals surface area contributed by atoms with Crippen LogP contribution in [0.25, 0.3) is 0 Å². The van der Waals surface area contributed by atoms with Crippen LogP contribution in [0.15, 0.2) is 60.7 Å². The normalized spacial score (nSPS) is 12.1. The van der Waals surface area contributed by atoms with Gasteiger partial charge in [0.25, 0.3) is 0 Å². The molecule has 0 aliphatic carbocycles. The molecule has 0 radical (unpaired) electrons. The molecule has 2 aromatic carbocycles. The van der Waals surface area contributed by atoms with Gasteiger partial charge in [0.15, 0.2) is 0 Å². The standard InChI is InChI=1S/C25H30FN3O6/c1-18(23(31)27-15-14-26)28-25(33)29-21(24(32)35-17-20-10-6-3-7-11-20)12-13-22(30)34-16-19-8-4-2-5-9-19/h2-11,18,21H,12-17H2,1H3,(H,27,31)(H2,28,29,33)/t18-,21-/m0/s1. The Morgan fingerprint density at radius 1 is 0.857 bits per heavy atom. The molecule has 0 saturated heterocycles. The van der Waals surface area contributed by atoms with E-state index >= 15 is 0 Å². The number of alkyl halides is 1. The molecule has 0 saturated carbocycles. The number of ether oxygens (including phenoxy) is 2. The molecule has 9 nitrogen and oxygen atoms in total. The number of hydrogen-bond donors (Lipinski definition) is 3. The van der Waals surface area contributed by atoms with Crippen molar-refractivity contribution in [3.8, 4) is 0 Å². The largest absolute Gasteiger partial charge is 0.461 e. The molecule has 10 heteroatoms. The number of nitrogens with one attached hydrogen (secondary N) is 3. The van der Waals surface area contributed by atoms with Gasteiger partial charge in [0.2, 0.25) is 5.91 Å². The first-order valence-electron chi connectivity index (χ1n) is 11.2. The van der Waals surface area contributed by atoms with Gasteiger partial charge in [-0.3, -0.25) is 9.59 Å². The van der Waals surface area contributed by atoms with Crippen molar-refractivity contribution in [3.63, 3.8) is 0 Å². The number of rotatable bonds is 13. The molecule has 0 aromatic heterocycles. The predicted octanol–water partition coefficient (Wildman–Crippen LogP) is 2.40. The van der Waals surface area contributed by atoms with Crippen LogP contribution in [0.4, 0.5) is 9.18 Å². The van der Waals surface area contributed by atoms with E-state index in [1.54, 1.807) is 24.3 Å². The number of hydrogen-bond acceptors (Lipinski definition) is 6. The number of carbonyl (C=O) groups excluding carboxylic acids is 4. The van der Waals surface area contributed by atoms with Crippen LogP contribution in [0.3, 0.4) is 0 Å². The number of esters is 2. The van der Waals surface area contributed by atoms with Crippen molar-refractivity contribution in [1.82, 2.24) is 16.0 Å². The Hall–Kier alpha value is -3.95. The fraction of sp³-hybridized carbons (Fsp3) is 0.360. The molecule has 0 aliphatic heterocycles. The molecule has 188 valence electrons. The first-order chi connectivity index (χ1) is 16.9. The Morgan fingerprint density at radius 2 is 1.43 bits per heavy atom. The average molecular weight is 488 g/mol. The highest BCUT2D eigenvalue weighted by Crippen LogP contribution is 2.08. The van der Waals surface area contributed by atoms with Crippen LogP contribution in [-0.2, 0) is 37.1 Å². The summed E-state index contributed by atoms with van der Waals surface area (Å²) in [5.74, 6) is -1.87. The maximum Gasteiger partial charge on any atom is 0.329 e. The lowest BCUT2D eigenvalue weighted by atomic mass is 10.1. The summed E-state index contributed by atoms with van der Waals surface area (Å²) in [6.07, 6.45) is -0.220. The van der Waals surface area contributed by atoms with E-state index in [1.807, 2.05) is 36.4 Å². The van der Waals surface area contributed by atoms with E-state index in [0.29, 0.717) is 0 Å². The van der Waals surface area contributed by atoms with E-state index < -0.39 is 42.6 Å². The van der Waals surface area contributed by atoms with Gasteiger partial charge in [0.1, 0.15) is 32.0 Å². The third kappa shape index (κ3) is 10.7. The summed E-state index contributed by atoms with van der Waals surface area (Å²) >= 11 is 0. The molecule has 3 N–H and O–H groups in total. The Balaban J connectivity index is 1.92. The smallest absolute Gasteiger partial charge is 0.329 e. The minimum absolute atomic E-state index is 0.0139. The summed E-state index contributed by atoms with van der Waals surface area (Å²) in [6.45, 7) is 0.575. The Kier molecular flexibility index (Phi) is 11.7. The van der Waals surface area contributed by atoms with Crippen molar-refractivity contribution < 1.29 is 33.0 Å². The Morgan fingerprint density at radius 3 is 2.00 bits per heavy atom. The molecule has 0 fully saturated rings. The summed E-state index contributed by atoms with van der Waals surface area (Å²) in [5, 5.41) is 7.12. The van der Waals surface area contributed by atoms with Crippen LogP contribution in [0, 0.1) is 0 Å². The summed E-state index contributed by atoms with van der Waals surface area (Å²) in [5.41, 5.74) is 1.57. The molecule has 0 aliphatic rings. The topological polar surface area (TPSA) is 123 Å². The van der Waals surface area contributed by atoms with Crippen LogP contribution in [0.5, 0.6) is 0 Å². The van der Waals surface area contributed by atoms with Gasteiger partial charge >= 0.3 is 18.0 Å². The van der Waals surface area contributed by atoms with Crippen LogP contribution >= 0.6 is 0 Å². The predicted molar refractivity (Wildman–Crippen MR) is 126 cm³/mol. The Labute approximate surface area is 203 Å². The maximum absolute atomic E-state index is 12.7. The minimum atomic E-state index is -1.16. The lowest BCUT2D eigenvalue weighted by Gasteiger charge is -2.20. The van der Waals surface area contributed by atoms with Gasteiger partial charge in [-0.1, -0.05) is 60.7 Å². The molecule has 2 atom stereocenters. The molecular weight excluding hydrogens is 457 g/mol. The van der Waals surface area contributed by atoms with Crippen molar-refractivity contribution in [2.24, 2.45) is 0 Å². The Bertz CT molecular complexity index is 958. The zero-order chi connectivity index (χ0) is 25.5. The molecule has 3 amide bonds. The second-order valence-electron chi connectivity index (χ2n) is 7.65. The highest BCUT2D eigenvalue weighted by atomic mass is 19.1. The van der Waals surface area contributed by atoms with E-state index in [2.05, 4.69) is 16.0 Å². The highest BCUT2D eigenvalue weighted by molar-refractivity contribution is 5.89. The van der Waals surface area contributed by atoms with E-state index in [4.69, 9.17) is 9.47 Å². The van der Waals surface area contributed by atoms with Crippen molar-refractivity contribution in [3.05, 3.63) is 71.8 Å². The van der Waals surface area contributed by atoms with Crippen LogP contribution in [0.2, 0.25) is 0 Å². The summed E-state index contributed by atoms with van der Waals surface area (Å²) in [6, 6.07) is 15.1. The number of benzene rings is 2. The van der Waals surface area contributed by atoms with Gasteiger partial charge in [-0.25, -0.2) is 14.0 Å². The molecule has 35 heavy (non-hydrogen) atoms. The lowest BCUT2D eigenvalue weighted by molar-refractivity contribution is -0.148. The zero-order valence-electron chi connectivity index (χ0n) is 19.5. The average Bonchev–Trinajstić information content (AvgIpc) is 2.88. The molecule has 0 heterocycles. The van der Waals surface area contributed by atoms with Crippen molar-refractivity contribution in [2.75, 3.05) is 13.2 Å². The third-order valence-electron chi connectivity index (χ3n) is 4.83. The van der Waals surface area contributed by atoms with Gasteiger partial charge in [-0.05, 0) is 24.5 Å². The van der Waals surface area contributed by atoms with Crippen molar-refractivity contribution >= 4 is 23.9 Å². The minimum Gasteiger partial charge on any atom is -0.461 e. The van der Waals surface area contributed by atoms with Crippen LogP contribution in [0.1, 0.15) is 30.9 Å². The van der Waals surface area contributed by atoms with Crippen molar-refractivity contribution in [1.29, 1.82) is 0 Å². The fourth-order valence-corrected chi connectivity index (χ4v) is 2.94. The molecule has 2 rings (SSSR count). The number of halogens is 1. The quantitative estimate of drug-likeness (QED) is 0.373. The van der Waals surface area contributed by atoms with E-state index in [-0.39, 0.29) is 32.6 Å². The van der Waals surface area contributed by atoms with Crippen LogP contribution < -0.4 is 16.0 Å². The monoisotopic (exact) mass is 487 g/mol. The third-order valence-corrected chi connectivity index (χ3v) is 4.83. The first kappa shape index (κ1) is 27.3. The van der Waals surface area contributed by atoms with Gasteiger partial charge in [0.05, 0.1) is 0 Å². The van der Waals surface area contributed by atoms with Crippen molar-refractivity contribution in [2.45, 2.75) is 45.1 Å². The summed E-state index contributed by atoms with van der Waals surface area (Å²) in [4.78, 5) is 49.1. The van der Waals surface area contributed by atoms with E-state index in [9.17, 15) is 23.6 Å². The van der Waals surface area contributed by atoms with Crippen LogP contribution in [-0.4, -0.2) is 49.2 Å². The number of carbonyl (C=O) groups is 4. The highest BCUT2D eigenvalue weighted by Gasteiger charge is 2.25. The zero-order valence-corrected chi connectivity index (χ0v) is 19.5. The molecule has 2 aromatic rings. The van der Waals surface area contributed by atoms with Gasteiger partial charge in [-0.2, -0.15) is 0 Å². The SMILES string of the molecule is C[C@H](NC(=O)N[C@@H](CCC(=O)OCc1ccccc1)C(=O)OCc1ccccc1)C(=O)NCCF. The summed E-state index contributed by atoms with van der Waals surface area (Å²) in [7, 11) is 0. The lowest BCUT2D eigenvalue weighted by Crippen LogP contribution is -2.52. The summed E-state index contributed by atoms with van der Waals surface area (Å²) < 4.78 is 22.8. The molecule has 0 unspecified atom stereocenters. The molecule has 0 spiro atoms. The fourth-order valence-electron chi connectivity index (χ4n) is 2.94. The second-order valence-corrected chi connectivity index (χ2v) is 7.65.